The number of fused-ring (bicyclic) bond motifs is 9. The van der Waals surface area contributed by atoms with E-state index in [1.165, 1.54) is 16.7 Å². The van der Waals surface area contributed by atoms with E-state index in [2.05, 4.69) is 153 Å². The molecular weight excluding hydrogens is 737 g/mol. The average molecular weight is 773 g/mol. The zero-order chi connectivity index (χ0) is 40.0. The third-order valence-corrected chi connectivity index (χ3v) is 12.2. The van der Waals surface area contributed by atoms with Gasteiger partial charge in [-0.25, -0.2) is 9.97 Å². The summed E-state index contributed by atoms with van der Waals surface area (Å²) < 4.78 is 19.7. The van der Waals surface area contributed by atoms with Gasteiger partial charge in [0.25, 0.3) is 0 Å². The fourth-order valence-corrected chi connectivity index (χ4v) is 9.12. The van der Waals surface area contributed by atoms with Gasteiger partial charge < -0.3 is 13.9 Å². The Morgan fingerprint density at radius 2 is 1.07 bits per heavy atom. The van der Waals surface area contributed by atoms with Gasteiger partial charge in [-0.1, -0.05) is 159 Å². The molecule has 0 radical (unpaired) electrons. The van der Waals surface area contributed by atoms with Crippen molar-refractivity contribution in [3.05, 3.63) is 193 Å². The summed E-state index contributed by atoms with van der Waals surface area (Å²) in [6.45, 7) is 4.55. The molecule has 1 aliphatic carbocycles. The van der Waals surface area contributed by atoms with Crippen LogP contribution >= 0.6 is 0 Å². The van der Waals surface area contributed by atoms with E-state index in [0.717, 1.165) is 89.3 Å². The maximum absolute atomic E-state index is 6.68. The van der Waals surface area contributed by atoms with E-state index >= 15 is 0 Å². The largest absolute Gasteiger partial charge is 0.455 e. The van der Waals surface area contributed by atoms with Crippen molar-refractivity contribution in [3.8, 4) is 90.3 Å². The summed E-state index contributed by atoms with van der Waals surface area (Å²) in [5.74, 6) is 3.55. The molecular formula is C55H36N2O3. The Bertz CT molecular complexity index is 3350. The van der Waals surface area contributed by atoms with Gasteiger partial charge in [-0.2, -0.15) is 0 Å². The van der Waals surface area contributed by atoms with Gasteiger partial charge in [0.1, 0.15) is 11.2 Å². The van der Waals surface area contributed by atoms with E-state index in [1.807, 2.05) is 42.5 Å². The molecule has 5 nitrogen and oxygen atoms in total. The topological polar surface area (TPSA) is 57.4 Å². The van der Waals surface area contributed by atoms with E-state index in [0.29, 0.717) is 17.3 Å². The van der Waals surface area contributed by atoms with Crippen LogP contribution in [-0.4, -0.2) is 9.97 Å². The summed E-state index contributed by atoms with van der Waals surface area (Å²) in [6.07, 6.45) is 0. The second-order valence-electron chi connectivity index (χ2n) is 16.1. The Morgan fingerprint density at radius 3 is 1.95 bits per heavy atom. The molecule has 0 spiro atoms. The third-order valence-electron chi connectivity index (χ3n) is 12.2. The molecule has 2 aromatic heterocycles. The van der Waals surface area contributed by atoms with Crippen LogP contribution in [-0.2, 0) is 5.41 Å². The lowest BCUT2D eigenvalue weighted by Crippen LogP contribution is -2.15. The summed E-state index contributed by atoms with van der Waals surface area (Å²) >= 11 is 0. The number of hydrogen-bond donors (Lipinski definition) is 0. The van der Waals surface area contributed by atoms with Crippen molar-refractivity contribution in [1.82, 2.24) is 9.97 Å². The van der Waals surface area contributed by atoms with Crippen LogP contribution < -0.4 is 9.47 Å². The molecule has 8 aromatic carbocycles. The highest BCUT2D eigenvalue weighted by molar-refractivity contribution is 6.09. The molecule has 0 saturated heterocycles. The summed E-state index contributed by atoms with van der Waals surface area (Å²) in [5, 5.41) is 2.23. The lowest BCUT2D eigenvalue weighted by molar-refractivity contribution is 0.360. The van der Waals surface area contributed by atoms with E-state index in [-0.39, 0.29) is 5.41 Å². The quantitative estimate of drug-likeness (QED) is 0.174. The molecule has 2 aliphatic rings. The third kappa shape index (κ3) is 5.40. The van der Waals surface area contributed by atoms with Crippen molar-refractivity contribution in [3.63, 3.8) is 0 Å². The SMILES string of the molecule is CC1(C)c2ccccc2-c2c1ccc1c2Oc2ccc(-c3cccc(-c4cc(-c5ccc(-c6cccc7c6oc6ccccc67)cc5)nc(-c5ccccc5)n4)c3)cc2O1. The standard InChI is InChI=1S/C55H36N2O3/c1-55(2)43-20-8-6-17-42(43)51-44(55)27-29-49-53(51)60-48-28-26-37(31-50(48)58-49)36-14-10-15-38(30-36)46-32-45(56-54(57-46)35-12-4-3-5-13-35)34-24-22-33(23-25-34)39-18-11-19-41-40-16-7-9-21-47(40)59-52(39)41/h3-32H,1-2H3. The number of aromatic nitrogens is 2. The maximum Gasteiger partial charge on any atom is 0.178 e. The number of furan rings is 1. The molecule has 0 saturated carbocycles. The normalized spacial score (nSPS) is 13.2. The molecule has 5 heteroatoms. The van der Waals surface area contributed by atoms with Crippen LogP contribution in [0.3, 0.4) is 0 Å². The van der Waals surface area contributed by atoms with Crippen molar-refractivity contribution in [2.75, 3.05) is 0 Å². The summed E-state index contributed by atoms with van der Waals surface area (Å²) in [5.41, 5.74) is 15.3. The number of nitrogens with zero attached hydrogens (tertiary/aromatic N) is 2. The summed E-state index contributed by atoms with van der Waals surface area (Å²) in [7, 11) is 0. The molecule has 10 aromatic rings. The zero-order valence-corrected chi connectivity index (χ0v) is 32.9. The molecule has 60 heavy (non-hydrogen) atoms. The van der Waals surface area contributed by atoms with Crippen LogP contribution in [0.5, 0.6) is 23.0 Å². The van der Waals surface area contributed by atoms with Crippen molar-refractivity contribution in [1.29, 1.82) is 0 Å². The Labute approximate surface area is 347 Å². The number of hydrogen-bond acceptors (Lipinski definition) is 5. The molecule has 0 atom stereocenters. The predicted molar refractivity (Wildman–Crippen MR) is 241 cm³/mol. The molecule has 12 rings (SSSR count). The predicted octanol–water partition coefficient (Wildman–Crippen LogP) is 14.9. The molecule has 0 N–H and O–H groups in total. The van der Waals surface area contributed by atoms with Crippen molar-refractivity contribution < 1.29 is 13.9 Å². The fraction of sp³-hybridized carbons (Fsp3) is 0.0545. The monoisotopic (exact) mass is 772 g/mol. The van der Waals surface area contributed by atoms with Crippen LogP contribution in [0.15, 0.2) is 186 Å². The molecule has 3 heterocycles. The van der Waals surface area contributed by atoms with Gasteiger partial charge in [-0.3, -0.25) is 0 Å². The first-order chi connectivity index (χ1) is 29.5. The Kier molecular flexibility index (Phi) is 7.51. The van der Waals surface area contributed by atoms with Crippen LogP contribution in [0, 0.1) is 0 Å². The number of para-hydroxylation sites is 2. The lowest BCUT2D eigenvalue weighted by Gasteiger charge is -2.25. The average Bonchev–Trinajstić information content (AvgIpc) is 3.80. The van der Waals surface area contributed by atoms with Crippen LogP contribution in [0.4, 0.5) is 0 Å². The second-order valence-corrected chi connectivity index (χ2v) is 16.1. The first-order valence-corrected chi connectivity index (χ1v) is 20.3. The van der Waals surface area contributed by atoms with E-state index in [4.69, 9.17) is 23.9 Å². The minimum Gasteiger partial charge on any atom is -0.455 e. The maximum atomic E-state index is 6.68. The van der Waals surface area contributed by atoms with Gasteiger partial charge >= 0.3 is 0 Å². The van der Waals surface area contributed by atoms with Gasteiger partial charge in [0.15, 0.2) is 28.8 Å². The van der Waals surface area contributed by atoms with E-state index in [1.54, 1.807) is 0 Å². The lowest BCUT2D eigenvalue weighted by atomic mass is 9.82. The van der Waals surface area contributed by atoms with Crippen LogP contribution in [0.2, 0.25) is 0 Å². The highest BCUT2D eigenvalue weighted by Gasteiger charge is 2.39. The first kappa shape index (κ1) is 34.3. The number of rotatable bonds is 5. The first-order valence-electron chi connectivity index (χ1n) is 20.3. The van der Waals surface area contributed by atoms with Crippen LogP contribution in [0.1, 0.15) is 25.0 Å². The highest BCUT2D eigenvalue weighted by Crippen LogP contribution is 2.58. The molecule has 0 bridgehead atoms. The Hall–Kier alpha value is -7.76. The van der Waals surface area contributed by atoms with Crippen molar-refractivity contribution in [2.24, 2.45) is 0 Å². The molecule has 1 aliphatic heterocycles. The molecule has 284 valence electrons. The molecule has 0 fully saturated rings. The fourth-order valence-electron chi connectivity index (χ4n) is 9.12. The van der Waals surface area contributed by atoms with Crippen LogP contribution in [0.25, 0.3) is 89.2 Å². The van der Waals surface area contributed by atoms with Gasteiger partial charge in [-0.05, 0) is 69.8 Å². The van der Waals surface area contributed by atoms with Gasteiger partial charge in [0.05, 0.1) is 11.4 Å². The molecule has 0 unspecified atom stereocenters. The van der Waals surface area contributed by atoms with Gasteiger partial charge in [-0.15, -0.1) is 0 Å². The second kappa shape index (κ2) is 13.1. The summed E-state index contributed by atoms with van der Waals surface area (Å²) in [6, 6.07) is 62.8. The Balaban J connectivity index is 0.892. The van der Waals surface area contributed by atoms with E-state index < -0.39 is 0 Å². The number of benzene rings is 8. The highest BCUT2D eigenvalue weighted by atomic mass is 16.6. The Morgan fingerprint density at radius 1 is 0.417 bits per heavy atom. The smallest absolute Gasteiger partial charge is 0.178 e. The minimum atomic E-state index is -0.122. The number of ether oxygens (including phenoxy) is 2. The van der Waals surface area contributed by atoms with Gasteiger partial charge in [0.2, 0.25) is 0 Å². The van der Waals surface area contributed by atoms with Crippen molar-refractivity contribution in [2.45, 2.75) is 19.3 Å². The molecule has 0 amide bonds. The van der Waals surface area contributed by atoms with Gasteiger partial charge in [0, 0.05) is 44.0 Å². The van der Waals surface area contributed by atoms with E-state index in [9.17, 15) is 0 Å². The minimum absolute atomic E-state index is 0.122. The summed E-state index contributed by atoms with van der Waals surface area (Å²) in [4.78, 5) is 10.2. The van der Waals surface area contributed by atoms with Crippen molar-refractivity contribution >= 4 is 21.9 Å². The zero-order valence-electron chi connectivity index (χ0n) is 32.9.